The zero-order chi connectivity index (χ0) is 15.7. The average Bonchev–Trinajstić information content (AvgIpc) is 3.16. The van der Waals surface area contributed by atoms with Crippen LogP contribution in [0.4, 0.5) is 0 Å². The summed E-state index contributed by atoms with van der Waals surface area (Å²) >= 11 is 10.7. The fourth-order valence-corrected chi connectivity index (χ4v) is 5.33. The van der Waals surface area contributed by atoms with E-state index in [2.05, 4.69) is 44.0 Å². The van der Waals surface area contributed by atoms with Gasteiger partial charge in [0.25, 0.3) is 0 Å². The molecule has 0 aliphatic carbocycles. The standard InChI is InChI=1S/C16H12Br2O2S2/c1-19-13-3-5-21-15(13)9-7-12(18)10(8-11(9)17)16-14(20-2)4-6-22-16/h3-8H,1-2H3. The van der Waals surface area contributed by atoms with Gasteiger partial charge in [-0.3, -0.25) is 0 Å². The van der Waals surface area contributed by atoms with E-state index in [1.807, 2.05) is 22.9 Å². The van der Waals surface area contributed by atoms with Crippen LogP contribution in [-0.2, 0) is 0 Å². The fourth-order valence-electron chi connectivity index (χ4n) is 2.20. The van der Waals surface area contributed by atoms with E-state index >= 15 is 0 Å². The van der Waals surface area contributed by atoms with E-state index in [-0.39, 0.29) is 0 Å². The topological polar surface area (TPSA) is 18.5 Å². The smallest absolute Gasteiger partial charge is 0.137 e. The third-order valence-electron chi connectivity index (χ3n) is 3.24. The van der Waals surface area contributed by atoms with E-state index < -0.39 is 0 Å². The molecule has 0 aliphatic rings. The largest absolute Gasteiger partial charge is 0.495 e. The molecule has 0 atom stereocenters. The van der Waals surface area contributed by atoms with E-state index in [1.165, 1.54) is 0 Å². The van der Waals surface area contributed by atoms with Crippen molar-refractivity contribution in [2.24, 2.45) is 0 Å². The number of ether oxygens (including phenoxy) is 2. The van der Waals surface area contributed by atoms with Crippen molar-refractivity contribution in [1.82, 2.24) is 0 Å². The van der Waals surface area contributed by atoms with Crippen LogP contribution in [0, 0.1) is 0 Å². The highest BCUT2D eigenvalue weighted by atomic mass is 79.9. The Morgan fingerprint density at radius 3 is 1.55 bits per heavy atom. The molecule has 0 saturated heterocycles. The average molecular weight is 460 g/mol. The summed E-state index contributed by atoms with van der Waals surface area (Å²) in [5, 5.41) is 4.06. The third kappa shape index (κ3) is 2.85. The number of halogens is 2. The first kappa shape index (κ1) is 16.1. The van der Waals surface area contributed by atoms with Gasteiger partial charge >= 0.3 is 0 Å². The van der Waals surface area contributed by atoms with Gasteiger partial charge in [-0.05, 0) is 35.0 Å². The van der Waals surface area contributed by atoms with Gasteiger partial charge in [-0.2, -0.15) is 0 Å². The van der Waals surface area contributed by atoms with Crippen molar-refractivity contribution in [2.75, 3.05) is 14.2 Å². The predicted molar refractivity (Wildman–Crippen MR) is 102 cm³/mol. The molecule has 0 saturated carbocycles. The molecule has 3 aromatic rings. The van der Waals surface area contributed by atoms with Crippen LogP contribution in [0.15, 0.2) is 44.0 Å². The van der Waals surface area contributed by atoms with Crippen LogP contribution < -0.4 is 9.47 Å². The molecule has 0 aliphatic heterocycles. The minimum absolute atomic E-state index is 0.888. The van der Waals surface area contributed by atoms with Crippen molar-refractivity contribution >= 4 is 54.5 Å². The highest BCUT2D eigenvalue weighted by Gasteiger charge is 2.17. The Labute approximate surface area is 154 Å². The Kier molecular flexibility index (Phi) is 4.92. The number of hydrogen-bond acceptors (Lipinski definition) is 4. The molecule has 0 radical (unpaired) electrons. The first-order chi connectivity index (χ1) is 10.7. The van der Waals surface area contributed by atoms with Gasteiger partial charge in [0.1, 0.15) is 11.5 Å². The number of thiophene rings is 2. The molecule has 3 rings (SSSR count). The molecule has 0 amide bonds. The summed E-state index contributed by atoms with van der Waals surface area (Å²) in [4.78, 5) is 2.22. The Hall–Kier alpha value is -0.820. The molecule has 2 aromatic heterocycles. The van der Waals surface area contributed by atoms with E-state index in [0.29, 0.717) is 0 Å². The molecular formula is C16H12Br2O2S2. The van der Waals surface area contributed by atoms with E-state index in [1.54, 1.807) is 36.9 Å². The Morgan fingerprint density at radius 2 is 1.18 bits per heavy atom. The van der Waals surface area contributed by atoms with Crippen LogP contribution in [0.1, 0.15) is 0 Å². The Morgan fingerprint density at radius 1 is 0.773 bits per heavy atom. The van der Waals surface area contributed by atoms with Crippen LogP contribution in [0.2, 0.25) is 0 Å². The lowest BCUT2D eigenvalue weighted by Crippen LogP contribution is -1.87. The number of methoxy groups -OCH3 is 2. The van der Waals surface area contributed by atoms with Gasteiger partial charge in [0.15, 0.2) is 0 Å². The highest BCUT2D eigenvalue weighted by Crippen LogP contribution is 2.46. The second-order valence-corrected chi connectivity index (χ2v) is 7.99. The number of hydrogen-bond donors (Lipinski definition) is 0. The van der Waals surface area contributed by atoms with Crippen LogP contribution in [0.3, 0.4) is 0 Å². The first-order valence-electron chi connectivity index (χ1n) is 6.38. The number of benzene rings is 1. The predicted octanol–water partition coefficient (Wildman–Crippen LogP) is 6.69. The summed E-state index contributed by atoms with van der Waals surface area (Å²) in [6.07, 6.45) is 0. The first-order valence-corrected chi connectivity index (χ1v) is 9.73. The summed E-state index contributed by atoms with van der Waals surface area (Å²) < 4.78 is 12.9. The molecular weight excluding hydrogens is 448 g/mol. The van der Waals surface area contributed by atoms with Crippen LogP contribution >= 0.6 is 54.5 Å². The quantitative estimate of drug-likeness (QED) is 0.432. The summed E-state index contributed by atoms with van der Waals surface area (Å²) in [7, 11) is 3.39. The Balaban J connectivity index is 2.13. The lowest BCUT2D eigenvalue weighted by atomic mass is 10.1. The monoisotopic (exact) mass is 458 g/mol. The van der Waals surface area contributed by atoms with Crippen molar-refractivity contribution in [3.05, 3.63) is 44.0 Å². The zero-order valence-corrected chi connectivity index (χ0v) is 16.7. The SMILES string of the molecule is COc1ccsc1-c1cc(Br)c(-c2sccc2OC)cc1Br. The molecule has 22 heavy (non-hydrogen) atoms. The lowest BCUT2D eigenvalue weighted by Gasteiger charge is -2.11. The molecule has 2 heterocycles. The van der Waals surface area contributed by atoms with Crippen LogP contribution in [0.5, 0.6) is 11.5 Å². The van der Waals surface area contributed by atoms with Gasteiger partial charge in [0.2, 0.25) is 0 Å². The van der Waals surface area contributed by atoms with Gasteiger partial charge in [-0.25, -0.2) is 0 Å². The molecule has 1 aromatic carbocycles. The van der Waals surface area contributed by atoms with Crippen molar-refractivity contribution in [2.45, 2.75) is 0 Å². The molecule has 114 valence electrons. The minimum atomic E-state index is 0.888. The Bertz CT molecular complexity index is 740. The lowest BCUT2D eigenvalue weighted by molar-refractivity contribution is 0.418. The summed E-state index contributed by atoms with van der Waals surface area (Å²) in [5.41, 5.74) is 2.22. The van der Waals surface area contributed by atoms with Crippen molar-refractivity contribution in [3.63, 3.8) is 0 Å². The van der Waals surface area contributed by atoms with E-state index in [4.69, 9.17) is 9.47 Å². The molecule has 0 fully saturated rings. The third-order valence-corrected chi connectivity index (χ3v) is 6.41. The molecule has 2 nitrogen and oxygen atoms in total. The maximum atomic E-state index is 5.43. The van der Waals surface area contributed by atoms with Crippen molar-refractivity contribution in [1.29, 1.82) is 0 Å². The molecule has 0 unspecified atom stereocenters. The highest BCUT2D eigenvalue weighted by molar-refractivity contribution is 9.11. The molecule has 0 spiro atoms. The van der Waals surface area contributed by atoms with E-state index in [0.717, 1.165) is 41.3 Å². The van der Waals surface area contributed by atoms with Crippen LogP contribution in [0.25, 0.3) is 20.9 Å². The van der Waals surface area contributed by atoms with Gasteiger partial charge in [0, 0.05) is 20.1 Å². The fraction of sp³-hybridized carbons (Fsp3) is 0.125. The van der Waals surface area contributed by atoms with E-state index in [9.17, 15) is 0 Å². The molecule has 0 bridgehead atoms. The minimum Gasteiger partial charge on any atom is -0.495 e. The summed E-state index contributed by atoms with van der Waals surface area (Å²) in [6, 6.07) is 8.20. The van der Waals surface area contributed by atoms with Crippen molar-refractivity contribution in [3.8, 4) is 32.4 Å². The maximum absolute atomic E-state index is 5.43. The second kappa shape index (κ2) is 6.74. The zero-order valence-electron chi connectivity index (χ0n) is 11.9. The number of rotatable bonds is 4. The maximum Gasteiger partial charge on any atom is 0.137 e. The normalized spacial score (nSPS) is 10.7. The summed E-state index contributed by atoms with van der Waals surface area (Å²) in [5.74, 6) is 1.78. The van der Waals surface area contributed by atoms with Gasteiger partial charge < -0.3 is 9.47 Å². The molecule has 0 N–H and O–H groups in total. The second-order valence-electron chi connectivity index (χ2n) is 4.45. The summed E-state index contributed by atoms with van der Waals surface area (Å²) in [6.45, 7) is 0. The molecule has 6 heteroatoms. The van der Waals surface area contributed by atoms with Gasteiger partial charge in [0.05, 0.1) is 24.0 Å². The van der Waals surface area contributed by atoms with Crippen LogP contribution in [-0.4, -0.2) is 14.2 Å². The van der Waals surface area contributed by atoms with Gasteiger partial charge in [-0.15, -0.1) is 22.7 Å². The van der Waals surface area contributed by atoms with Gasteiger partial charge in [-0.1, -0.05) is 31.9 Å². The van der Waals surface area contributed by atoms with Crippen molar-refractivity contribution < 1.29 is 9.47 Å².